The molecule has 1 atom stereocenters. The van der Waals surface area contributed by atoms with Gasteiger partial charge >= 0.3 is 0 Å². The van der Waals surface area contributed by atoms with Crippen molar-refractivity contribution in [1.29, 1.82) is 0 Å². The highest BCUT2D eigenvalue weighted by Gasteiger charge is 2.15. The average Bonchev–Trinajstić information content (AvgIpc) is 3.10. The van der Waals surface area contributed by atoms with Crippen molar-refractivity contribution in [2.75, 3.05) is 12.3 Å². The number of halogens is 2. The molecule has 0 radical (unpaired) electrons. The second kappa shape index (κ2) is 10.0. The Labute approximate surface area is 179 Å². The smallest absolute Gasteiger partial charge is 0.230 e. The Hall–Kier alpha value is -1.95. The van der Waals surface area contributed by atoms with Gasteiger partial charge < -0.3 is 5.32 Å². The van der Waals surface area contributed by atoms with Crippen molar-refractivity contribution in [3.8, 4) is 0 Å². The van der Waals surface area contributed by atoms with Crippen LogP contribution in [0, 0.1) is 6.92 Å². The van der Waals surface area contributed by atoms with Crippen LogP contribution in [0.15, 0.2) is 59.8 Å². The number of nitrogens with zero attached hydrogens (tertiary/aromatic N) is 1. The van der Waals surface area contributed by atoms with Gasteiger partial charge in [-0.05, 0) is 48.7 Å². The number of rotatable bonds is 8. The molecule has 3 aromatic rings. The first-order valence-corrected chi connectivity index (χ1v) is 10.6. The Bertz CT molecular complexity index is 910. The summed E-state index contributed by atoms with van der Waals surface area (Å²) < 4.78 is 0. The lowest BCUT2D eigenvalue weighted by molar-refractivity contribution is -0.118. The van der Waals surface area contributed by atoms with Gasteiger partial charge in [0.15, 0.2) is 0 Å². The van der Waals surface area contributed by atoms with E-state index in [2.05, 4.69) is 15.5 Å². The summed E-state index contributed by atoms with van der Waals surface area (Å²) in [5.74, 6) is 0.479. The first-order chi connectivity index (χ1) is 13.5. The van der Waals surface area contributed by atoms with E-state index in [0.717, 1.165) is 22.6 Å². The summed E-state index contributed by atoms with van der Waals surface area (Å²) in [6.07, 6.45) is 2.55. The van der Waals surface area contributed by atoms with Gasteiger partial charge in [0.05, 0.1) is 17.0 Å². The molecule has 3 rings (SSSR count). The number of thioether (sulfide) groups is 1. The quantitative estimate of drug-likeness (QED) is 0.476. The number of hydrogen-bond acceptors (Lipinski definition) is 3. The maximum atomic E-state index is 12.3. The number of aryl methyl sites for hydroxylation is 1. The van der Waals surface area contributed by atoms with Gasteiger partial charge in [-0.3, -0.25) is 9.89 Å². The van der Waals surface area contributed by atoms with Gasteiger partial charge in [0.2, 0.25) is 5.91 Å². The minimum absolute atomic E-state index is 0.00549. The van der Waals surface area contributed by atoms with Gasteiger partial charge in [0.1, 0.15) is 0 Å². The maximum Gasteiger partial charge on any atom is 0.230 e. The average molecular weight is 434 g/mol. The van der Waals surface area contributed by atoms with Gasteiger partial charge in [0.25, 0.3) is 0 Å². The zero-order valence-corrected chi connectivity index (χ0v) is 17.7. The zero-order chi connectivity index (χ0) is 19.9. The standard InChI is InChI=1S/C21H21Cl2N3OS/c1-14-11-25-26-21(14)28-13-20(27)24-12-17(16-4-8-19(23)9-5-16)10-15-2-6-18(22)7-3-15/h2-9,11,17H,10,12-13H2,1H3,(H,24,27)(H,25,26)/t17-/m0/s1. The van der Waals surface area contributed by atoms with E-state index in [4.69, 9.17) is 23.2 Å². The fourth-order valence-corrected chi connectivity index (χ4v) is 3.88. The molecule has 0 aliphatic rings. The highest BCUT2D eigenvalue weighted by Crippen LogP contribution is 2.24. The molecular formula is C21H21Cl2N3OS. The molecule has 0 fully saturated rings. The third-order valence-electron chi connectivity index (χ3n) is 4.41. The first kappa shape index (κ1) is 20.8. The fourth-order valence-electron chi connectivity index (χ4n) is 2.85. The lowest BCUT2D eigenvalue weighted by Crippen LogP contribution is -2.30. The molecule has 1 amide bonds. The predicted octanol–water partition coefficient (Wildman–Crippen LogP) is 5.26. The lowest BCUT2D eigenvalue weighted by Gasteiger charge is -2.19. The number of hydrogen-bond donors (Lipinski definition) is 2. The maximum absolute atomic E-state index is 12.3. The molecule has 1 heterocycles. The molecule has 0 bridgehead atoms. The molecule has 0 aliphatic carbocycles. The van der Waals surface area contributed by atoms with Gasteiger partial charge in [-0.15, -0.1) is 0 Å². The Morgan fingerprint density at radius 3 is 2.36 bits per heavy atom. The SMILES string of the molecule is Cc1cn[nH]c1SCC(=O)NC[C@H](Cc1ccc(Cl)cc1)c1ccc(Cl)cc1. The number of amides is 1. The van der Waals surface area contributed by atoms with Crippen LogP contribution in [-0.4, -0.2) is 28.4 Å². The van der Waals surface area contributed by atoms with E-state index in [0.29, 0.717) is 22.3 Å². The molecule has 0 unspecified atom stereocenters. The monoisotopic (exact) mass is 433 g/mol. The van der Waals surface area contributed by atoms with E-state index in [1.807, 2.05) is 55.5 Å². The highest BCUT2D eigenvalue weighted by atomic mass is 35.5. The van der Waals surface area contributed by atoms with E-state index in [9.17, 15) is 4.79 Å². The Morgan fingerprint density at radius 2 is 1.75 bits per heavy atom. The van der Waals surface area contributed by atoms with Gasteiger partial charge in [0, 0.05) is 28.1 Å². The minimum Gasteiger partial charge on any atom is -0.355 e. The van der Waals surface area contributed by atoms with Crippen LogP contribution >= 0.6 is 35.0 Å². The number of carbonyl (C=O) groups excluding carboxylic acids is 1. The van der Waals surface area contributed by atoms with Crippen LogP contribution in [-0.2, 0) is 11.2 Å². The summed E-state index contributed by atoms with van der Waals surface area (Å²) in [5, 5.41) is 12.3. The van der Waals surface area contributed by atoms with E-state index < -0.39 is 0 Å². The van der Waals surface area contributed by atoms with E-state index in [1.165, 1.54) is 17.3 Å². The number of carbonyl (C=O) groups is 1. The number of nitrogens with one attached hydrogen (secondary N) is 2. The van der Waals surface area contributed by atoms with Crippen LogP contribution in [0.5, 0.6) is 0 Å². The second-order valence-corrected chi connectivity index (χ2v) is 8.41. The van der Waals surface area contributed by atoms with Crippen LogP contribution in [0.25, 0.3) is 0 Å². The molecule has 0 spiro atoms. The number of benzene rings is 2. The molecule has 0 aliphatic heterocycles. The molecule has 0 saturated heterocycles. The van der Waals surface area contributed by atoms with Crippen molar-refractivity contribution in [2.45, 2.75) is 24.3 Å². The van der Waals surface area contributed by atoms with Crippen LogP contribution < -0.4 is 5.32 Å². The van der Waals surface area contributed by atoms with Gasteiger partial charge in [-0.1, -0.05) is 59.2 Å². The van der Waals surface area contributed by atoms with Crippen molar-refractivity contribution in [1.82, 2.24) is 15.5 Å². The van der Waals surface area contributed by atoms with Gasteiger partial charge in [-0.2, -0.15) is 5.10 Å². The Balaban J connectivity index is 1.62. The molecule has 7 heteroatoms. The number of H-pyrrole nitrogens is 1. The van der Waals surface area contributed by atoms with Crippen molar-refractivity contribution in [3.05, 3.63) is 81.5 Å². The van der Waals surface area contributed by atoms with Crippen LogP contribution in [0.1, 0.15) is 22.6 Å². The largest absolute Gasteiger partial charge is 0.355 e. The fraction of sp³-hybridized carbons (Fsp3) is 0.238. The molecule has 2 N–H and O–H groups in total. The van der Waals surface area contributed by atoms with Crippen molar-refractivity contribution < 1.29 is 4.79 Å². The van der Waals surface area contributed by atoms with E-state index in [-0.39, 0.29) is 11.8 Å². The van der Waals surface area contributed by atoms with Crippen molar-refractivity contribution in [3.63, 3.8) is 0 Å². The third-order valence-corrected chi connectivity index (χ3v) is 6.02. The molecule has 0 saturated carbocycles. The first-order valence-electron chi connectivity index (χ1n) is 8.90. The molecule has 28 heavy (non-hydrogen) atoms. The third kappa shape index (κ3) is 6.03. The van der Waals surface area contributed by atoms with E-state index >= 15 is 0 Å². The molecule has 4 nitrogen and oxygen atoms in total. The Kier molecular flexibility index (Phi) is 7.43. The van der Waals surface area contributed by atoms with Gasteiger partial charge in [-0.25, -0.2) is 0 Å². The topological polar surface area (TPSA) is 57.8 Å². The summed E-state index contributed by atoms with van der Waals surface area (Å²) in [5.41, 5.74) is 3.34. The summed E-state index contributed by atoms with van der Waals surface area (Å²) in [6.45, 7) is 2.51. The second-order valence-electron chi connectivity index (χ2n) is 6.55. The summed E-state index contributed by atoms with van der Waals surface area (Å²) in [7, 11) is 0. The molecule has 1 aromatic heterocycles. The van der Waals surface area contributed by atoms with Crippen LogP contribution in [0.4, 0.5) is 0 Å². The lowest BCUT2D eigenvalue weighted by atomic mass is 9.92. The van der Waals surface area contributed by atoms with E-state index in [1.54, 1.807) is 6.20 Å². The molecule has 2 aromatic carbocycles. The zero-order valence-electron chi connectivity index (χ0n) is 15.4. The van der Waals surface area contributed by atoms with Crippen molar-refractivity contribution >= 4 is 40.9 Å². The van der Waals surface area contributed by atoms with Crippen LogP contribution in [0.3, 0.4) is 0 Å². The number of aromatic nitrogens is 2. The predicted molar refractivity (Wildman–Crippen MR) is 116 cm³/mol. The normalized spacial score (nSPS) is 12.0. The minimum atomic E-state index is -0.00549. The summed E-state index contributed by atoms with van der Waals surface area (Å²) in [6, 6.07) is 15.6. The molecule has 146 valence electrons. The highest BCUT2D eigenvalue weighted by molar-refractivity contribution is 7.99. The molecular weight excluding hydrogens is 413 g/mol. The summed E-state index contributed by atoms with van der Waals surface area (Å²) >= 11 is 13.5. The Morgan fingerprint density at radius 1 is 1.11 bits per heavy atom. The van der Waals surface area contributed by atoms with Crippen molar-refractivity contribution in [2.24, 2.45) is 0 Å². The van der Waals surface area contributed by atoms with Crippen LogP contribution in [0.2, 0.25) is 10.0 Å². The number of aromatic amines is 1. The summed E-state index contributed by atoms with van der Waals surface area (Å²) in [4.78, 5) is 12.3.